The molecule has 84 valence electrons. The van der Waals surface area contributed by atoms with Crippen molar-refractivity contribution in [3.05, 3.63) is 0 Å². The first-order valence-electron chi connectivity index (χ1n) is 6.13. The Kier molecular flexibility index (Phi) is 6.20. The van der Waals surface area contributed by atoms with Gasteiger partial charge in [0.15, 0.2) is 0 Å². The summed E-state index contributed by atoms with van der Waals surface area (Å²) in [6.07, 6.45) is 10.4. The zero-order chi connectivity index (χ0) is 10.2. The van der Waals surface area contributed by atoms with E-state index in [9.17, 15) is 5.11 Å². The normalized spacial score (nSPS) is 27.9. The van der Waals surface area contributed by atoms with E-state index in [4.69, 9.17) is 5.11 Å². The summed E-state index contributed by atoms with van der Waals surface area (Å²) in [5.41, 5.74) is 0. The van der Waals surface area contributed by atoms with E-state index in [1.165, 1.54) is 38.5 Å². The second-order valence-corrected chi connectivity index (χ2v) is 4.54. The molecule has 0 spiro atoms. The fourth-order valence-electron chi connectivity index (χ4n) is 2.40. The molecule has 1 aliphatic rings. The van der Waals surface area contributed by atoms with Crippen molar-refractivity contribution in [1.29, 1.82) is 0 Å². The van der Waals surface area contributed by atoms with Crippen molar-refractivity contribution >= 4 is 0 Å². The average Bonchev–Trinajstić information content (AvgIpc) is 2.20. The van der Waals surface area contributed by atoms with Gasteiger partial charge in [0.25, 0.3) is 0 Å². The van der Waals surface area contributed by atoms with Crippen LogP contribution in [0.4, 0.5) is 0 Å². The van der Waals surface area contributed by atoms with Crippen molar-refractivity contribution in [1.82, 2.24) is 0 Å². The lowest BCUT2D eigenvalue weighted by atomic mass is 9.83. The maximum absolute atomic E-state index is 9.73. The van der Waals surface area contributed by atoms with Gasteiger partial charge in [-0.05, 0) is 31.6 Å². The van der Waals surface area contributed by atoms with Crippen LogP contribution in [0.1, 0.15) is 57.8 Å². The molecule has 2 heteroatoms. The molecule has 0 heterocycles. The van der Waals surface area contributed by atoms with Crippen molar-refractivity contribution in [2.75, 3.05) is 6.61 Å². The summed E-state index contributed by atoms with van der Waals surface area (Å²) in [6.45, 7) is 0.325. The van der Waals surface area contributed by atoms with Crippen LogP contribution in [0.2, 0.25) is 0 Å². The summed E-state index contributed by atoms with van der Waals surface area (Å²) >= 11 is 0. The Bertz CT molecular complexity index is 136. The molecule has 2 atom stereocenters. The molecule has 2 N–H and O–H groups in total. The lowest BCUT2D eigenvalue weighted by molar-refractivity contribution is 0.0638. The van der Waals surface area contributed by atoms with Crippen LogP contribution in [0.3, 0.4) is 0 Å². The molecular weight excluding hydrogens is 176 g/mol. The van der Waals surface area contributed by atoms with Gasteiger partial charge in [-0.2, -0.15) is 0 Å². The summed E-state index contributed by atoms with van der Waals surface area (Å²) in [4.78, 5) is 0. The summed E-state index contributed by atoms with van der Waals surface area (Å²) in [5, 5.41) is 18.3. The van der Waals surface area contributed by atoms with Crippen LogP contribution in [0.5, 0.6) is 0 Å². The zero-order valence-electron chi connectivity index (χ0n) is 9.12. The van der Waals surface area contributed by atoms with Gasteiger partial charge in [0.1, 0.15) is 0 Å². The fourth-order valence-corrected chi connectivity index (χ4v) is 2.40. The maximum Gasteiger partial charge on any atom is 0.0568 e. The van der Waals surface area contributed by atoms with E-state index in [0.29, 0.717) is 12.5 Å². The minimum atomic E-state index is -0.0263. The van der Waals surface area contributed by atoms with Crippen molar-refractivity contribution in [2.24, 2.45) is 5.92 Å². The number of rotatable bonds is 6. The van der Waals surface area contributed by atoms with Gasteiger partial charge in [0.2, 0.25) is 0 Å². The topological polar surface area (TPSA) is 40.5 Å². The summed E-state index contributed by atoms with van der Waals surface area (Å²) in [5.74, 6) is 0.567. The number of hydrogen-bond donors (Lipinski definition) is 2. The molecule has 2 nitrogen and oxygen atoms in total. The second kappa shape index (κ2) is 7.24. The van der Waals surface area contributed by atoms with E-state index in [1.54, 1.807) is 0 Å². The molecule has 0 radical (unpaired) electrons. The summed E-state index contributed by atoms with van der Waals surface area (Å²) in [6, 6.07) is 0. The van der Waals surface area contributed by atoms with Gasteiger partial charge < -0.3 is 10.2 Å². The smallest absolute Gasteiger partial charge is 0.0568 e. The van der Waals surface area contributed by atoms with Gasteiger partial charge in [-0.1, -0.05) is 32.1 Å². The van der Waals surface area contributed by atoms with Crippen molar-refractivity contribution in [3.8, 4) is 0 Å². The SMILES string of the molecule is OCCCCCCC1CCCCC1O. The van der Waals surface area contributed by atoms with Crippen LogP contribution in [0.15, 0.2) is 0 Å². The van der Waals surface area contributed by atoms with Gasteiger partial charge in [0, 0.05) is 6.61 Å². The van der Waals surface area contributed by atoms with Gasteiger partial charge in [0.05, 0.1) is 6.10 Å². The van der Waals surface area contributed by atoms with Crippen LogP contribution < -0.4 is 0 Å². The molecule has 14 heavy (non-hydrogen) atoms. The van der Waals surface area contributed by atoms with Crippen molar-refractivity contribution in [2.45, 2.75) is 63.9 Å². The first-order valence-corrected chi connectivity index (χ1v) is 6.13. The monoisotopic (exact) mass is 200 g/mol. The second-order valence-electron chi connectivity index (χ2n) is 4.54. The predicted molar refractivity (Wildman–Crippen MR) is 58.1 cm³/mol. The molecule has 1 saturated carbocycles. The largest absolute Gasteiger partial charge is 0.396 e. The lowest BCUT2D eigenvalue weighted by Crippen LogP contribution is -2.24. The quantitative estimate of drug-likeness (QED) is 0.647. The number of unbranched alkanes of at least 4 members (excludes halogenated alkanes) is 3. The molecule has 0 aromatic rings. The summed E-state index contributed by atoms with van der Waals surface area (Å²) in [7, 11) is 0. The van der Waals surface area contributed by atoms with E-state index in [-0.39, 0.29) is 6.10 Å². The minimum Gasteiger partial charge on any atom is -0.396 e. The molecule has 0 aliphatic heterocycles. The molecule has 1 aliphatic carbocycles. The van der Waals surface area contributed by atoms with Crippen LogP contribution in [0, 0.1) is 5.92 Å². The van der Waals surface area contributed by atoms with Gasteiger partial charge in [-0.3, -0.25) is 0 Å². The highest BCUT2D eigenvalue weighted by Crippen LogP contribution is 2.28. The Morgan fingerprint density at radius 2 is 1.64 bits per heavy atom. The van der Waals surface area contributed by atoms with E-state index < -0.39 is 0 Å². The lowest BCUT2D eigenvalue weighted by Gasteiger charge is -2.27. The van der Waals surface area contributed by atoms with Crippen LogP contribution in [0.25, 0.3) is 0 Å². The Balaban J connectivity index is 1.99. The highest BCUT2D eigenvalue weighted by Gasteiger charge is 2.21. The van der Waals surface area contributed by atoms with E-state index in [1.807, 2.05) is 0 Å². The first kappa shape index (κ1) is 12.0. The third-order valence-electron chi connectivity index (χ3n) is 3.35. The average molecular weight is 200 g/mol. The molecular formula is C12H24O2. The van der Waals surface area contributed by atoms with E-state index >= 15 is 0 Å². The number of hydrogen-bond acceptors (Lipinski definition) is 2. The first-order chi connectivity index (χ1) is 6.84. The van der Waals surface area contributed by atoms with Crippen molar-refractivity contribution in [3.63, 3.8) is 0 Å². The zero-order valence-corrected chi connectivity index (χ0v) is 9.12. The molecule has 1 fully saturated rings. The van der Waals surface area contributed by atoms with Gasteiger partial charge in [-0.15, -0.1) is 0 Å². The third-order valence-corrected chi connectivity index (χ3v) is 3.35. The fraction of sp³-hybridized carbons (Fsp3) is 1.00. The van der Waals surface area contributed by atoms with E-state index in [2.05, 4.69) is 0 Å². The Morgan fingerprint density at radius 3 is 2.36 bits per heavy atom. The predicted octanol–water partition coefficient (Wildman–Crippen LogP) is 2.48. The van der Waals surface area contributed by atoms with Gasteiger partial charge >= 0.3 is 0 Å². The molecule has 0 saturated heterocycles. The molecule has 2 unspecified atom stereocenters. The molecule has 0 amide bonds. The molecule has 0 bridgehead atoms. The Hall–Kier alpha value is -0.0800. The van der Waals surface area contributed by atoms with Crippen LogP contribution >= 0.6 is 0 Å². The Labute approximate surface area is 87.3 Å². The molecule has 0 aromatic carbocycles. The standard InChI is InChI=1S/C12H24O2/c13-10-6-2-1-3-7-11-8-4-5-9-12(11)14/h11-14H,1-10H2. The number of aliphatic hydroxyl groups is 2. The van der Waals surface area contributed by atoms with Gasteiger partial charge in [-0.25, -0.2) is 0 Å². The highest BCUT2D eigenvalue weighted by atomic mass is 16.3. The van der Waals surface area contributed by atoms with Crippen LogP contribution in [-0.4, -0.2) is 22.9 Å². The van der Waals surface area contributed by atoms with Crippen molar-refractivity contribution < 1.29 is 10.2 Å². The maximum atomic E-state index is 9.73. The minimum absolute atomic E-state index is 0.0263. The van der Waals surface area contributed by atoms with Crippen LogP contribution in [-0.2, 0) is 0 Å². The number of aliphatic hydroxyl groups excluding tert-OH is 2. The third kappa shape index (κ3) is 4.43. The summed E-state index contributed by atoms with van der Waals surface area (Å²) < 4.78 is 0. The van der Waals surface area contributed by atoms with E-state index in [0.717, 1.165) is 19.3 Å². The highest BCUT2D eigenvalue weighted by molar-refractivity contribution is 4.74. The molecule has 1 rings (SSSR count). The Morgan fingerprint density at radius 1 is 0.929 bits per heavy atom. The molecule has 0 aromatic heterocycles.